The van der Waals surface area contributed by atoms with Gasteiger partial charge in [0.25, 0.3) is 0 Å². The van der Waals surface area contributed by atoms with Crippen LogP contribution < -0.4 is 0 Å². The van der Waals surface area contributed by atoms with Crippen molar-refractivity contribution in [3.8, 4) is 0 Å². The summed E-state index contributed by atoms with van der Waals surface area (Å²) in [5.41, 5.74) is 2.57. The molecule has 2 heteroatoms. The average Bonchev–Trinajstić information content (AvgIpc) is 2.71. The standard InChI is InChI=1S/C16H19NO/c1-16-8-5-9-17(16)14(11-15(18)12-16)10-13-6-3-2-4-7-13/h2-4,6-7,11H,5,8-10,12H2,1H3/t16-/m1/s1. The molecule has 1 aromatic rings. The lowest BCUT2D eigenvalue weighted by molar-refractivity contribution is -0.117. The molecular formula is C16H19NO. The van der Waals surface area contributed by atoms with E-state index >= 15 is 0 Å². The van der Waals surface area contributed by atoms with E-state index in [0.29, 0.717) is 12.2 Å². The molecule has 0 unspecified atom stereocenters. The number of fused-ring (bicyclic) bond motifs is 1. The first-order valence-electron chi connectivity index (χ1n) is 6.72. The first-order chi connectivity index (χ1) is 8.67. The Balaban J connectivity index is 1.88. The Morgan fingerprint density at radius 3 is 2.83 bits per heavy atom. The van der Waals surface area contributed by atoms with Crippen LogP contribution in [0.4, 0.5) is 0 Å². The number of hydrogen-bond acceptors (Lipinski definition) is 2. The molecule has 0 amide bonds. The van der Waals surface area contributed by atoms with Crippen molar-refractivity contribution >= 4 is 5.78 Å². The molecule has 2 aliphatic rings. The molecular weight excluding hydrogens is 222 g/mol. The summed E-state index contributed by atoms with van der Waals surface area (Å²) in [6.45, 7) is 3.33. The molecule has 18 heavy (non-hydrogen) atoms. The molecule has 1 atom stereocenters. The molecule has 2 heterocycles. The summed E-state index contributed by atoms with van der Waals surface area (Å²) >= 11 is 0. The SMILES string of the molecule is C[C@]12CCCN1C(Cc1ccccc1)=CC(=O)C2. The van der Waals surface area contributed by atoms with Crippen LogP contribution in [0.5, 0.6) is 0 Å². The van der Waals surface area contributed by atoms with Crippen LogP contribution in [-0.2, 0) is 11.2 Å². The fourth-order valence-electron chi connectivity index (χ4n) is 3.34. The topological polar surface area (TPSA) is 20.3 Å². The molecule has 0 aromatic heterocycles. The van der Waals surface area contributed by atoms with Gasteiger partial charge in [-0.1, -0.05) is 30.3 Å². The van der Waals surface area contributed by atoms with E-state index in [0.717, 1.165) is 19.4 Å². The highest BCUT2D eigenvalue weighted by molar-refractivity contribution is 5.92. The van der Waals surface area contributed by atoms with Gasteiger partial charge in [-0.25, -0.2) is 0 Å². The van der Waals surface area contributed by atoms with Crippen LogP contribution in [0, 0.1) is 0 Å². The van der Waals surface area contributed by atoms with Gasteiger partial charge in [0.2, 0.25) is 0 Å². The van der Waals surface area contributed by atoms with Crippen molar-refractivity contribution < 1.29 is 4.79 Å². The Morgan fingerprint density at radius 1 is 1.28 bits per heavy atom. The first-order valence-corrected chi connectivity index (χ1v) is 6.72. The third kappa shape index (κ3) is 1.96. The van der Waals surface area contributed by atoms with Crippen LogP contribution in [0.25, 0.3) is 0 Å². The fourth-order valence-corrected chi connectivity index (χ4v) is 3.34. The third-order valence-corrected chi connectivity index (χ3v) is 4.21. The van der Waals surface area contributed by atoms with Gasteiger partial charge < -0.3 is 4.90 Å². The molecule has 3 rings (SSSR count). The zero-order valence-electron chi connectivity index (χ0n) is 10.9. The zero-order chi connectivity index (χ0) is 12.6. The largest absolute Gasteiger partial charge is 0.369 e. The van der Waals surface area contributed by atoms with E-state index in [2.05, 4.69) is 36.1 Å². The van der Waals surface area contributed by atoms with Crippen LogP contribution in [0.2, 0.25) is 0 Å². The molecule has 2 aliphatic heterocycles. The van der Waals surface area contributed by atoms with Gasteiger partial charge in [0.05, 0.1) is 0 Å². The summed E-state index contributed by atoms with van der Waals surface area (Å²) in [5.74, 6) is 0.293. The fraction of sp³-hybridized carbons (Fsp3) is 0.438. The predicted molar refractivity (Wildman–Crippen MR) is 72.2 cm³/mol. The number of benzene rings is 1. The number of ketones is 1. The highest BCUT2D eigenvalue weighted by Crippen LogP contribution is 2.39. The number of rotatable bonds is 2. The van der Waals surface area contributed by atoms with Gasteiger partial charge in [-0.15, -0.1) is 0 Å². The number of allylic oxidation sites excluding steroid dienone is 2. The Bertz CT molecular complexity index is 491. The first kappa shape index (κ1) is 11.5. The van der Waals surface area contributed by atoms with Gasteiger partial charge in [-0.3, -0.25) is 4.79 Å². The Kier molecular flexibility index (Phi) is 2.73. The number of hydrogen-bond donors (Lipinski definition) is 0. The monoisotopic (exact) mass is 241 g/mol. The summed E-state index contributed by atoms with van der Waals surface area (Å²) in [6, 6.07) is 10.4. The van der Waals surface area contributed by atoms with Crippen molar-refractivity contribution in [3.63, 3.8) is 0 Å². The molecule has 0 aliphatic carbocycles. The molecule has 0 saturated carbocycles. The summed E-state index contributed by atoms with van der Waals surface area (Å²) in [4.78, 5) is 14.4. The van der Waals surface area contributed by atoms with E-state index in [1.165, 1.54) is 17.7 Å². The van der Waals surface area contributed by atoms with Gasteiger partial charge in [-0.05, 0) is 25.3 Å². The van der Waals surface area contributed by atoms with Crippen LogP contribution in [0.1, 0.15) is 31.7 Å². The van der Waals surface area contributed by atoms with Crippen LogP contribution in [-0.4, -0.2) is 22.8 Å². The summed E-state index contributed by atoms with van der Waals surface area (Å²) in [6.07, 6.45) is 5.77. The van der Waals surface area contributed by atoms with Crippen LogP contribution >= 0.6 is 0 Å². The lowest BCUT2D eigenvalue weighted by Gasteiger charge is -2.41. The molecule has 1 saturated heterocycles. The molecule has 0 bridgehead atoms. The number of carbonyl (C=O) groups is 1. The van der Waals surface area contributed by atoms with Gasteiger partial charge in [0.1, 0.15) is 0 Å². The quantitative estimate of drug-likeness (QED) is 0.793. The minimum absolute atomic E-state index is 0.0793. The summed E-state index contributed by atoms with van der Waals surface area (Å²) < 4.78 is 0. The average molecular weight is 241 g/mol. The Morgan fingerprint density at radius 2 is 2.06 bits per heavy atom. The second-order valence-electron chi connectivity index (χ2n) is 5.69. The van der Waals surface area contributed by atoms with E-state index < -0.39 is 0 Å². The maximum absolute atomic E-state index is 11.9. The van der Waals surface area contributed by atoms with Crippen molar-refractivity contribution in [2.75, 3.05) is 6.54 Å². The van der Waals surface area contributed by atoms with Crippen LogP contribution in [0.3, 0.4) is 0 Å². The van der Waals surface area contributed by atoms with Gasteiger partial charge >= 0.3 is 0 Å². The second-order valence-corrected chi connectivity index (χ2v) is 5.69. The minimum atomic E-state index is 0.0793. The maximum atomic E-state index is 11.9. The van der Waals surface area contributed by atoms with E-state index in [-0.39, 0.29) is 5.54 Å². The highest BCUT2D eigenvalue weighted by Gasteiger charge is 2.41. The third-order valence-electron chi connectivity index (χ3n) is 4.21. The number of carbonyl (C=O) groups excluding carboxylic acids is 1. The molecule has 0 radical (unpaired) electrons. The van der Waals surface area contributed by atoms with E-state index in [9.17, 15) is 4.79 Å². The molecule has 0 spiro atoms. The highest BCUT2D eigenvalue weighted by atomic mass is 16.1. The van der Waals surface area contributed by atoms with Gasteiger partial charge in [0.15, 0.2) is 5.78 Å². The van der Waals surface area contributed by atoms with E-state index in [4.69, 9.17) is 0 Å². The normalized spacial score (nSPS) is 27.1. The molecule has 1 fully saturated rings. The maximum Gasteiger partial charge on any atom is 0.159 e. The van der Waals surface area contributed by atoms with E-state index in [1.807, 2.05) is 12.1 Å². The van der Waals surface area contributed by atoms with Crippen molar-refractivity contribution in [1.82, 2.24) is 4.90 Å². The summed E-state index contributed by atoms with van der Waals surface area (Å²) in [5, 5.41) is 0. The Hall–Kier alpha value is -1.57. The molecule has 94 valence electrons. The smallest absolute Gasteiger partial charge is 0.159 e. The van der Waals surface area contributed by atoms with Crippen molar-refractivity contribution in [3.05, 3.63) is 47.7 Å². The predicted octanol–water partition coefficient (Wildman–Crippen LogP) is 2.94. The van der Waals surface area contributed by atoms with Crippen molar-refractivity contribution in [2.45, 2.75) is 38.1 Å². The second kappa shape index (κ2) is 4.27. The van der Waals surface area contributed by atoms with Crippen molar-refractivity contribution in [2.24, 2.45) is 0 Å². The Labute approximate surface area is 108 Å². The zero-order valence-corrected chi connectivity index (χ0v) is 10.9. The molecule has 1 aromatic carbocycles. The molecule has 0 N–H and O–H groups in total. The lowest BCUT2D eigenvalue weighted by atomic mass is 9.87. The minimum Gasteiger partial charge on any atom is -0.369 e. The molecule has 2 nitrogen and oxygen atoms in total. The van der Waals surface area contributed by atoms with E-state index in [1.54, 1.807) is 0 Å². The van der Waals surface area contributed by atoms with Crippen LogP contribution in [0.15, 0.2) is 42.1 Å². The summed E-state index contributed by atoms with van der Waals surface area (Å²) in [7, 11) is 0. The number of nitrogens with zero attached hydrogens (tertiary/aromatic N) is 1. The van der Waals surface area contributed by atoms with Crippen molar-refractivity contribution in [1.29, 1.82) is 0 Å². The van der Waals surface area contributed by atoms with Gasteiger partial charge in [0, 0.05) is 36.7 Å². The van der Waals surface area contributed by atoms with Gasteiger partial charge in [-0.2, -0.15) is 0 Å². The lowest BCUT2D eigenvalue weighted by Crippen LogP contribution is -2.45.